The molecule has 0 amide bonds. The third-order valence-corrected chi connectivity index (χ3v) is 3.37. The molecular formula is C17H15NO. The van der Waals surface area contributed by atoms with Gasteiger partial charge in [-0.1, -0.05) is 60.7 Å². The number of ketones is 1. The van der Waals surface area contributed by atoms with Crippen LogP contribution in [0.25, 0.3) is 0 Å². The summed E-state index contributed by atoms with van der Waals surface area (Å²) in [5.41, 5.74) is 0.653. The number of Topliss-reactive ketones (excluding diaryl/α,β-unsaturated/α-hetero) is 1. The average Bonchev–Trinajstić information content (AvgIpc) is 2.46. The number of nitrogens with zero attached hydrogens (tertiary/aromatic N) is 1. The Morgan fingerprint density at radius 2 is 1.58 bits per heavy atom. The Morgan fingerprint density at radius 1 is 1.05 bits per heavy atom. The van der Waals surface area contributed by atoms with Gasteiger partial charge in [0, 0.05) is 6.42 Å². The second-order valence-corrected chi connectivity index (χ2v) is 4.60. The van der Waals surface area contributed by atoms with E-state index in [1.807, 2.05) is 60.7 Å². The van der Waals surface area contributed by atoms with Crippen molar-refractivity contribution in [2.45, 2.75) is 18.8 Å². The molecule has 2 rings (SSSR count). The minimum Gasteiger partial charge on any atom is -0.298 e. The van der Waals surface area contributed by atoms with Crippen molar-refractivity contribution in [3.8, 4) is 6.07 Å². The van der Waals surface area contributed by atoms with E-state index in [2.05, 4.69) is 6.07 Å². The zero-order chi connectivity index (χ0) is 13.7. The topological polar surface area (TPSA) is 40.9 Å². The van der Waals surface area contributed by atoms with Gasteiger partial charge in [0.25, 0.3) is 0 Å². The summed E-state index contributed by atoms with van der Waals surface area (Å²) in [6, 6.07) is 21.2. The second-order valence-electron chi connectivity index (χ2n) is 4.60. The van der Waals surface area contributed by atoms with Crippen molar-refractivity contribution < 1.29 is 4.79 Å². The van der Waals surface area contributed by atoms with Crippen molar-refractivity contribution in [3.05, 3.63) is 71.8 Å². The van der Waals surface area contributed by atoms with E-state index in [1.165, 1.54) is 6.92 Å². The molecule has 0 aliphatic carbocycles. The van der Waals surface area contributed by atoms with Crippen molar-refractivity contribution in [1.29, 1.82) is 5.26 Å². The average molecular weight is 249 g/mol. The molecule has 0 saturated carbocycles. The van der Waals surface area contributed by atoms with Crippen LogP contribution in [0.1, 0.15) is 18.1 Å². The molecule has 0 unspecified atom stereocenters. The Kier molecular flexibility index (Phi) is 3.77. The van der Waals surface area contributed by atoms with Gasteiger partial charge in [-0.15, -0.1) is 0 Å². The van der Waals surface area contributed by atoms with E-state index in [0.717, 1.165) is 11.1 Å². The van der Waals surface area contributed by atoms with Gasteiger partial charge in [-0.3, -0.25) is 4.79 Å². The molecule has 19 heavy (non-hydrogen) atoms. The Labute approximate surface area is 113 Å². The van der Waals surface area contributed by atoms with Crippen LogP contribution in [0.15, 0.2) is 60.7 Å². The second kappa shape index (κ2) is 5.49. The smallest absolute Gasteiger partial charge is 0.154 e. The molecule has 0 aliphatic heterocycles. The molecule has 0 aliphatic rings. The number of carbonyl (C=O) groups is 1. The molecule has 0 radical (unpaired) electrons. The van der Waals surface area contributed by atoms with Crippen LogP contribution in [-0.2, 0) is 16.6 Å². The van der Waals surface area contributed by atoms with Gasteiger partial charge in [0.1, 0.15) is 5.41 Å². The summed E-state index contributed by atoms with van der Waals surface area (Å²) in [7, 11) is 0. The number of hydrogen-bond donors (Lipinski definition) is 0. The molecule has 1 atom stereocenters. The summed E-state index contributed by atoms with van der Waals surface area (Å²) < 4.78 is 0. The predicted molar refractivity (Wildman–Crippen MR) is 74.6 cm³/mol. The number of nitriles is 1. The van der Waals surface area contributed by atoms with Crippen molar-refractivity contribution in [3.63, 3.8) is 0 Å². The highest BCUT2D eigenvalue weighted by Crippen LogP contribution is 2.29. The monoisotopic (exact) mass is 249 g/mol. The number of carbonyl (C=O) groups excluding carboxylic acids is 1. The molecule has 0 bridgehead atoms. The zero-order valence-electron chi connectivity index (χ0n) is 10.8. The van der Waals surface area contributed by atoms with Crippen LogP contribution in [0.3, 0.4) is 0 Å². The number of benzene rings is 2. The lowest BCUT2D eigenvalue weighted by Gasteiger charge is -2.24. The fourth-order valence-corrected chi connectivity index (χ4v) is 2.24. The van der Waals surface area contributed by atoms with Crippen molar-refractivity contribution >= 4 is 5.78 Å². The summed E-state index contributed by atoms with van der Waals surface area (Å²) in [6.45, 7) is 1.49. The first-order chi connectivity index (χ1) is 9.19. The van der Waals surface area contributed by atoms with Crippen molar-refractivity contribution in [2.24, 2.45) is 0 Å². The van der Waals surface area contributed by atoms with Crippen LogP contribution in [-0.4, -0.2) is 5.78 Å². The lowest BCUT2D eigenvalue weighted by atomic mass is 9.74. The maximum atomic E-state index is 12.1. The largest absolute Gasteiger partial charge is 0.298 e. The molecule has 2 aromatic rings. The fraction of sp³-hybridized carbons (Fsp3) is 0.176. The number of rotatable bonds is 4. The molecular weight excluding hydrogens is 234 g/mol. The molecule has 0 spiro atoms. The lowest BCUT2D eigenvalue weighted by molar-refractivity contribution is -0.120. The first-order valence-electron chi connectivity index (χ1n) is 6.21. The molecule has 2 heteroatoms. The van der Waals surface area contributed by atoms with E-state index < -0.39 is 5.41 Å². The minimum atomic E-state index is -1.09. The highest BCUT2D eigenvalue weighted by atomic mass is 16.1. The third-order valence-electron chi connectivity index (χ3n) is 3.37. The Bertz CT molecular complexity index is 598. The van der Waals surface area contributed by atoms with Crippen LogP contribution in [0.2, 0.25) is 0 Å². The summed E-state index contributed by atoms with van der Waals surface area (Å²) in [6.07, 6.45) is 0.406. The van der Waals surface area contributed by atoms with Gasteiger partial charge in [-0.2, -0.15) is 5.26 Å². The van der Waals surface area contributed by atoms with E-state index in [0.29, 0.717) is 6.42 Å². The molecule has 0 N–H and O–H groups in total. The first-order valence-corrected chi connectivity index (χ1v) is 6.21. The van der Waals surface area contributed by atoms with Gasteiger partial charge in [-0.25, -0.2) is 0 Å². The predicted octanol–water partition coefficient (Wildman–Crippen LogP) is 3.28. The molecule has 0 heterocycles. The SMILES string of the molecule is CC(=O)[C@](C#N)(Cc1ccccc1)c1ccccc1. The number of hydrogen-bond acceptors (Lipinski definition) is 2. The summed E-state index contributed by atoms with van der Waals surface area (Å²) in [5.74, 6) is -0.120. The van der Waals surface area contributed by atoms with Crippen LogP contribution in [0, 0.1) is 11.3 Å². The lowest BCUT2D eigenvalue weighted by Crippen LogP contribution is -2.35. The Morgan fingerprint density at radius 3 is 2.05 bits per heavy atom. The summed E-state index contributed by atoms with van der Waals surface area (Å²) >= 11 is 0. The zero-order valence-corrected chi connectivity index (χ0v) is 10.8. The van der Waals surface area contributed by atoms with Crippen LogP contribution >= 0.6 is 0 Å². The van der Waals surface area contributed by atoms with Gasteiger partial charge >= 0.3 is 0 Å². The quantitative estimate of drug-likeness (QED) is 0.834. The fourth-order valence-electron chi connectivity index (χ4n) is 2.24. The van der Waals surface area contributed by atoms with E-state index in [4.69, 9.17) is 0 Å². The highest BCUT2D eigenvalue weighted by Gasteiger charge is 2.37. The minimum absolute atomic E-state index is 0.120. The maximum Gasteiger partial charge on any atom is 0.154 e. The standard InChI is InChI=1S/C17H15NO/c1-14(19)17(13-18,16-10-6-3-7-11-16)12-15-8-4-2-5-9-15/h2-11H,12H2,1H3/t17-/m1/s1. The van der Waals surface area contributed by atoms with Gasteiger partial charge in [-0.05, 0) is 18.1 Å². The molecule has 2 nitrogen and oxygen atoms in total. The van der Waals surface area contributed by atoms with E-state index >= 15 is 0 Å². The van der Waals surface area contributed by atoms with Gasteiger partial charge in [0.05, 0.1) is 6.07 Å². The van der Waals surface area contributed by atoms with Crippen LogP contribution in [0.4, 0.5) is 0 Å². The molecule has 94 valence electrons. The Hall–Kier alpha value is -2.40. The van der Waals surface area contributed by atoms with Crippen LogP contribution in [0.5, 0.6) is 0 Å². The van der Waals surface area contributed by atoms with Crippen molar-refractivity contribution in [2.75, 3.05) is 0 Å². The molecule has 0 saturated heterocycles. The Balaban J connectivity index is 2.48. The van der Waals surface area contributed by atoms with Gasteiger partial charge < -0.3 is 0 Å². The van der Waals surface area contributed by atoms with Crippen molar-refractivity contribution in [1.82, 2.24) is 0 Å². The van der Waals surface area contributed by atoms with E-state index in [9.17, 15) is 10.1 Å². The third kappa shape index (κ3) is 2.56. The van der Waals surface area contributed by atoms with Crippen LogP contribution < -0.4 is 0 Å². The van der Waals surface area contributed by atoms with E-state index in [-0.39, 0.29) is 5.78 Å². The van der Waals surface area contributed by atoms with Gasteiger partial charge in [0.15, 0.2) is 5.78 Å². The molecule has 0 fully saturated rings. The highest BCUT2D eigenvalue weighted by molar-refractivity contribution is 5.91. The summed E-state index contributed by atoms with van der Waals surface area (Å²) in [5, 5.41) is 9.59. The molecule has 2 aromatic carbocycles. The maximum absolute atomic E-state index is 12.1. The van der Waals surface area contributed by atoms with Gasteiger partial charge in [0.2, 0.25) is 0 Å². The molecule has 0 aromatic heterocycles. The normalized spacial score (nSPS) is 13.3. The summed E-state index contributed by atoms with van der Waals surface area (Å²) in [4.78, 5) is 12.1. The first kappa shape index (κ1) is 13.0. The van der Waals surface area contributed by atoms with E-state index in [1.54, 1.807) is 0 Å².